The number of amides is 1. The number of benzene rings is 1. The van der Waals surface area contributed by atoms with E-state index in [1.54, 1.807) is 5.01 Å². The molecule has 3 nitrogen and oxygen atoms in total. The molecule has 1 fully saturated rings. The van der Waals surface area contributed by atoms with Gasteiger partial charge in [-0.1, -0.05) is 34.1 Å². The molecule has 1 heterocycles. The lowest BCUT2D eigenvalue weighted by Gasteiger charge is -2.26. The van der Waals surface area contributed by atoms with Crippen LogP contribution in [0.15, 0.2) is 30.3 Å². The van der Waals surface area contributed by atoms with Crippen molar-refractivity contribution in [2.24, 2.45) is 0 Å². The van der Waals surface area contributed by atoms with Crippen LogP contribution in [0.3, 0.4) is 0 Å². The van der Waals surface area contributed by atoms with E-state index in [0.29, 0.717) is 0 Å². The average molecular weight is 269 g/mol. The Morgan fingerprint density at radius 3 is 2.33 bits per heavy atom. The second kappa shape index (κ2) is 3.94. The molecule has 1 aliphatic heterocycles. The summed E-state index contributed by atoms with van der Waals surface area (Å²) < 4.78 is 0. The van der Waals surface area contributed by atoms with Gasteiger partial charge in [-0.3, -0.25) is 4.79 Å². The van der Waals surface area contributed by atoms with Gasteiger partial charge in [-0.2, -0.15) is 0 Å². The van der Waals surface area contributed by atoms with Crippen molar-refractivity contribution in [3.8, 4) is 0 Å². The number of nitrogens with zero attached hydrogens (tertiary/aromatic N) is 2. The van der Waals surface area contributed by atoms with Crippen LogP contribution in [0.5, 0.6) is 0 Å². The zero-order valence-electron chi connectivity index (χ0n) is 8.72. The number of hydrogen-bond acceptors (Lipinski definition) is 2. The number of anilines is 1. The van der Waals surface area contributed by atoms with E-state index >= 15 is 0 Å². The predicted molar refractivity (Wildman–Crippen MR) is 63.9 cm³/mol. The fourth-order valence-electron chi connectivity index (χ4n) is 1.73. The van der Waals surface area contributed by atoms with Crippen molar-refractivity contribution < 1.29 is 4.79 Å². The highest BCUT2D eigenvalue weighted by molar-refractivity contribution is 9.10. The zero-order chi connectivity index (χ0) is 11.0. The van der Waals surface area contributed by atoms with E-state index in [0.717, 1.165) is 5.69 Å². The third-order valence-electron chi connectivity index (χ3n) is 2.77. The van der Waals surface area contributed by atoms with Crippen molar-refractivity contribution in [2.45, 2.75) is 17.8 Å². The second-order valence-corrected chi connectivity index (χ2v) is 4.69. The van der Waals surface area contributed by atoms with Gasteiger partial charge in [-0.15, -0.1) is 0 Å². The molecule has 0 radical (unpaired) electrons. The quantitative estimate of drug-likeness (QED) is 0.728. The number of alkyl halides is 1. The molecule has 0 aromatic heterocycles. The molecule has 1 amide bonds. The van der Waals surface area contributed by atoms with Crippen LogP contribution >= 0.6 is 15.9 Å². The van der Waals surface area contributed by atoms with Crippen LogP contribution < -0.4 is 5.01 Å². The van der Waals surface area contributed by atoms with Crippen molar-refractivity contribution in [1.29, 1.82) is 0 Å². The van der Waals surface area contributed by atoms with Crippen LogP contribution in [0.2, 0.25) is 0 Å². The van der Waals surface area contributed by atoms with Crippen molar-refractivity contribution in [1.82, 2.24) is 5.01 Å². The Labute approximate surface area is 97.8 Å². The summed E-state index contributed by atoms with van der Waals surface area (Å²) in [6.07, 6.45) is 0. The minimum absolute atomic E-state index is 0.0937. The molecular weight excluding hydrogens is 256 g/mol. The fourth-order valence-corrected chi connectivity index (χ4v) is 2.26. The summed E-state index contributed by atoms with van der Waals surface area (Å²) in [4.78, 5) is 11.8. The van der Waals surface area contributed by atoms with Crippen LogP contribution in [0.4, 0.5) is 5.69 Å². The number of rotatable bonds is 1. The molecule has 80 valence electrons. The molecule has 1 aromatic carbocycles. The number of halogens is 1. The first-order chi connectivity index (χ1) is 7.13. The van der Waals surface area contributed by atoms with Gasteiger partial charge >= 0.3 is 0 Å². The SMILES string of the molecule is CC1C(Br)C(=O)N(c2ccccc2)N1C. The molecule has 0 spiro atoms. The van der Waals surface area contributed by atoms with Crippen LogP contribution in [-0.4, -0.2) is 28.8 Å². The zero-order valence-corrected chi connectivity index (χ0v) is 10.3. The Morgan fingerprint density at radius 2 is 1.87 bits per heavy atom. The largest absolute Gasteiger partial charge is 0.272 e. The van der Waals surface area contributed by atoms with Gasteiger partial charge in [0.05, 0.1) is 5.69 Å². The maximum absolute atomic E-state index is 12.0. The third kappa shape index (κ3) is 1.68. The molecule has 1 aromatic rings. The van der Waals surface area contributed by atoms with Gasteiger partial charge in [0.25, 0.3) is 5.91 Å². The van der Waals surface area contributed by atoms with E-state index in [1.165, 1.54) is 0 Å². The number of carbonyl (C=O) groups excluding carboxylic acids is 1. The number of hydrazine groups is 1. The van der Waals surface area contributed by atoms with E-state index in [9.17, 15) is 4.79 Å². The standard InChI is InChI=1S/C11H13BrN2O/c1-8-10(12)11(15)14(13(8)2)9-6-4-3-5-7-9/h3-8,10H,1-2H3. The predicted octanol–water partition coefficient (Wildman–Crippen LogP) is 2.03. The molecule has 2 rings (SSSR count). The molecule has 1 aliphatic rings. The van der Waals surface area contributed by atoms with E-state index in [-0.39, 0.29) is 16.8 Å². The molecule has 2 atom stereocenters. The summed E-state index contributed by atoms with van der Waals surface area (Å²) in [5.74, 6) is 0.0937. The summed E-state index contributed by atoms with van der Waals surface area (Å²) in [6.45, 7) is 2.03. The molecule has 2 unspecified atom stereocenters. The lowest BCUT2D eigenvalue weighted by molar-refractivity contribution is -0.117. The second-order valence-electron chi connectivity index (χ2n) is 3.70. The Balaban J connectivity index is 2.35. The number of hydrogen-bond donors (Lipinski definition) is 0. The molecule has 1 saturated heterocycles. The first-order valence-corrected chi connectivity index (χ1v) is 5.80. The van der Waals surface area contributed by atoms with Crippen molar-refractivity contribution in [3.63, 3.8) is 0 Å². The number of para-hydroxylation sites is 1. The Bertz CT molecular complexity index is 368. The molecule has 0 saturated carbocycles. The van der Waals surface area contributed by atoms with E-state index in [2.05, 4.69) is 15.9 Å². The Morgan fingerprint density at radius 1 is 1.27 bits per heavy atom. The minimum Gasteiger partial charge on any atom is -0.272 e. The lowest BCUT2D eigenvalue weighted by atomic mass is 10.2. The summed E-state index contributed by atoms with van der Waals surface area (Å²) in [5, 5.41) is 3.67. The molecule has 0 bridgehead atoms. The molecular formula is C11H13BrN2O. The maximum Gasteiger partial charge on any atom is 0.257 e. The summed E-state index contributed by atoms with van der Waals surface area (Å²) >= 11 is 3.41. The minimum atomic E-state index is -0.122. The molecule has 0 N–H and O–H groups in total. The van der Waals surface area contributed by atoms with Crippen molar-refractivity contribution in [2.75, 3.05) is 12.1 Å². The van der Waals surface area contributed by atoms with Gasteiger partial charge in [0.1, 0.15) is 4.83 Å². The van der Waals surface area contributed by atoms with E-state index in [4.69, 9.17) is 0 Å². The average Bonchev–Trinajstić information content (AvgIpc) is 2.45. The lowest BCUT2D eigenvalue weighted by Crippen LogP contribution is -2.38. The van der Waals surface area contributed by atoms with Gasteiger partial charge < -0.3 is 0 Å². The molecule has 4 heteroatoms. The van der Waals surface area contributed by atoms with E-state index in [1.807, 2.05) is 49.3 Å². The summed E-state index contributed by atoms with van der Waals surface area (Å²) in [7, 11) is 1.93. The fraction of sp³-hybridized carbons (Fsp3) is 0.364. The Hall–Kier alpha value is -0.870. The first kappa shape index (κ1) is 10.6. The van der Waals surface area contributed by atoms with Crippen LogP contribution in [0, 0.1) is 0 Å². The number of carbonyl (C=O) groups is 1. The van der Waals surface area contributed by atoms with Gasteiger partial charge in [0.15, 0.2) is 0 Å². The third-order valence-corrected chi connectivity index (χ3v) is 3.93. The van der Waals surface area contributed by atoms with E-state index < -0.39 is 0 Å². The normalized spacial score (nSPS) is 27.4. The molecule has 0 aliphatic carbocycles. The highest BCUT2D eigenvalue weighted by Gasteiger charge is 2.41. The van der Waals surface area contributed by atoms with Crippen LogP contribution in [0.1, 0.15) is 6.92 Å². The first-order valence-electron chi connectivity index (χ1n) is 4.89. The topological polar surface area (TPSA) is 23.6 Å². The Kier molecular flexibility index (Phi) is 2.80. The van der Waals surface area contributed by atoms with Crippen molar-refractivity contribution in [3.05, 3.63) is 30.3 Å². The van der Waals surface area contributed by atoms with Gasteiger partial charge in [0.2, 0.25) is 0 Å². The van der Waals surface area contributed by atoms with Crippen LogP contribution in [0.25, 0.3) is 0 Å². The van der Waals surface area contributed by atoms with Crippen LogP contribution in [-0.2, 0) is 4.79 Å². The molecule has 15 heavy (non-hydrogen) atoms. The van der Waals surface area contributed by atoms with Gasteiger partial charge in [-0.25, -0.2) is 10.0 Å². The maximum atomic E-state index is 12.0. The highest BCUT2D eigenvalue weighted by atomic mass is 79.9. The smallest absolute Gasteiger partial charge is 0.257 e. The summed E-state index contributed by atoms with van der Waals surface area (Å²) in [5.41, 5.74) is 0.916. The monoisotopic (exact) mass is 268 g/mol. The summed E-state index contributed by atoms with van der Waals surface area (Å²) in [6, 6.07) is 9.86. The van der Waals surface area contributed by atoms with Crippen molar-refractivity contribution >= 4 is 27.5 Å². The highest BCUT2D eigenvalue weighted by Crippen LogP contribution is 2.29. The van der Waals surface area contributed by atoms with Gasteiger partial charge in [0, 0.05) is 13.1 Å². The van der Waals surface area contributed by atoms with Gasteiger partial charge in [-0.05, 0) is 19.1 Å².